The van der Waals surface area contributed by atoms with E-state index in [0.717, 1.165) is 18.4 Å². The molecule has 4 rings (SSSR count). The zero-order valence-corrected chi connectivity index (χ0v) is 18.7. The molecule has 0 spiro atoms. The molecule has 0 bridgehead atoms. The summed E-state index contributed by atoms with van der Waals surface area (Å²) in [5.41, 5.74) is 8.17. The number of hydrogen-bond donors (Lipinski definition) is 3. The lowest BCUT2D eigenvalue weighted by molar-refractivity contribution is -0.132. The number of nitrogens with zero attached hydrogens (tertiary/aromatic N) is 2. The number of anilines is 1. The maximum Gasteiger partial charge on any atom is 0.267 e. The Kier molecular flexibility index (Phi) is 6.73. The zero-order chi connectivity index (χ0) is 22.5. The van der Waals surface area contributed by atoms with Gasteiger partial charge in [0.1, 0.15) is 5.71 Å². The summed E-state index contributed by atoms with van der Waals surface area (Å²) < 4.78 is 0. The molecular formula is C25H31N5O2. The van der Waals surface area contributed by atoms with E-state index in [2.05, 4.69) is 53.2 Å². The summed E-state index contributed by atoms with van der Waals surface area (Å²) in [7, 11) is 0. The van der Waals surface area contributed by atoms with Crippen molar-refractivity contribution < 1.29 is 9.59 Å². The minimum Gasteiger partial charge on any atom is -0.382 e. The number of likely N-dealkylation sites (tertiary alicyclic amines) is 1. The first-order chi connectivity index (χ1) is 15.5. The smallest absolute Gasteiger partial charge is 0.267 e. The van der Waals surface area contributed by atoms with Crippen LogP contribution in [0.5, 0.6) is 0 Å². The molecule has 1 saturated heterocycles. The van der Waals surface area contributed by atoms with Gasteiger partial charge in [-0.05, 0) is 49.4 Å². The standard InChI is InChI=1S/C25H31N5O2/c1-17-8-9-18(2)21(14-17)27-20-10-12-30(13-11-20)24(31)16-26-25(32)23-15-22(28-29-23)19-6-4-3-5-7-19/h3-9,14,20,22,27-28H,10-13,15-16H2,1-2H3,(H,26,32). The molecule has 0 aromatic heterocycles. The number of carbonyl (C=O) groups is 2. The molecule has 2 aromatic rings. The molecule has 0 aliphatic carbocycles. The van der Waals surface area contributed by atoms with E-state index >= 15 is 0 Å². The van der Waals surface area contributed by atoms with Crippen LogP contribution in [0.2, 0.25) is 0 Å². The summed E-state index contributed by atoms with van der Waals surface area (Å²) in [6.07, 6.45) is 2.30. The number of aryl methyl sites for hydroxylation is 2. The topological polar surface area (TPSA) is 85.8 Å². The van der Waals surface area contributed by atoms with Crippen molar-refractivity contribution in [2.75, 3.05) is 25.0 Å². The van der Waals surface area contributed by atoms with Gasteiger partial charge in [0.2, 0.25) is 5.91 Å². The third-order valence-corrected chi connectivity index (χ3v) is 6.22. The molecule has 2 heterocycles. The van der Waals surface area contributed by atoms with Gasteiger partial charge in [0.15, 0.2) is 0 Å². The van der Waals surface area contributed by atoms with Crippen molar-refractivity contribution in [3.63, 3.8) is 0 Å². The lowest BCUT2D eigenvalue weighted by Gasteiger charge is -2.33. The Bertz CT molecular complexity index is 997. The van der Waals surface area contributed by atoms with Crippen LogP contribution in [0, 0.1) is 13.8 Å². The number of amides is 2. The first kappa shape index (κ1) is 21.9. The van der Waals surface area contributed by atoms with Crippen LogP contribution in [0.3, 0.4) is 0 Å². The molecule has 32 heavy (non-hydrogen) atoms. The largest absolute Gasteiger partial charge is 0.382 e. The van der Waals surface area contributed by atoms with Gasteiger partial charge in [0.25, 0.3) is 5.91 Å². The molecule has 2 aromatic carbocycles. The van der Waals surface area contributed by atoms with Gasteiger partial charge in [-0.25, -0.2) is 0 Å². The van der Waals surface area contributed by atoms with E-state index in [-0.39, 0.29) is 24.4 Å². The van der Waals surface area contributed by atoms with Crippen molar-refractivity contribution in [3.05, 3.63) is 65.2 Å². The number of hydrazone groups is 1. The minimum atomic E-state index is -0.282. The normalized spacial score (nSPS) is 18.6. The maximum absolute atomic E-state index is 12.6. The lowest BCUT2D eigenvalue weighted by atomic mass is 10.0. The number of piperidine rings is 1. The lowest BCUT2D eigenvalue weighted by Crippen LogP contribution is -2.47. The molecule has 7 nitrogen and oxygen atoms in total. The molecule has 1 fully saturated rings. The molecule has 2 aliphatic heterocycles. The van der Waals surface area contributed by atoms with Crippen molar-refractivity contribution in [3.8, 4) is 0 Å². The molecule has 1 unspecified atom stereocenters. The van der Waals surface area contributed by atoms with E-state index in [9.17, 15) is 9.59 Å². The van der Waals surface area contributed by atoms with Gasteiger partial charge >= 0.3 is 0 Å². The van der Waals surface area contributed by atoms with Crippen LogP contribution in [-0.2, 0) is 9.59 Å². The van der Waals surface area contributed by atoms with Crippen molar-refractivity contribution in [1.82, 2.24) is 15.6 Å². The second-order valence-corrected chi connectivity index (χ2v) is 8.66. The van der Waals surface area contributed by atoms with Gasteiger partial charge in [0.05, 0.1) is 12.6 Å². The highest BCUT2D eigenvalue weighted by Crippen LogP contribution is 2.22. The molecule has 0 radical (unpaired) electrons. The Balaban J connectivity index is 1.20. The van der Waals surface area contributed by atoms with E-state index in [4.69, 9.17) is 0 Å². The van der Waals surface area contributed by atoms with Crippen LogP contribution in [-0.4, -0.2) is 48.1 Å². The second kappa shape index (κ2) is 9.85. The molecule has 0 saturated carbocycles. The highest BCUT2D eigenvalue weighted by atomic mass is 16.2. The van der Waals surface area contributed by atoms with Crippen LogP contribution < -0.4 is 16.1 Å². The van der Waals surface area contributed by atoms with E-state index in [1.165, 1.54) is 16.8 Å². The number of rotatable bonds is 6. The fourth-order valence-corrected chi connectivity index (χ4v) is 4.22. The Morgan fingerprint density at radius 2 is 1.84 bits per heavy atom. The van der Waals surface area contributed by atoms with E-state index in [0.29, 0.717) is 31.3 Å². The van der Waals surface area contributed by atoms with Crippen molar-refractivity contribution in [2.24, 2.45) is 5.10 Å². The monoisotopic (exact) mass is 433 g/mol. The molecule has 7 heteroatoms. The van der Waals surface area contributed by atoms with Crippen molar-refractivity contribution in [1.29, 1.82) is 0 Å². The Morgan fingerprint density at radius 3 is 2.59 bits per heavy atom. The third kappa shape index (κ3) is 5.28. The van der Waals surface area contributed by atoms with Gasteiger partial charge in [-0.15, -0.1) is 0 Å². The summed E-state index contributed by atoms with van der Waals surface area (Å²) in [5.74, 6) is -0.328. The van der Waals surface area contributed by atoms with Gasteiger partial charge in [0, 0.05) is 31.2 Å². The average Bonchev–Trinajstić information content (AvgIpc) is 3.31. The fraction of sp³-hybridized carbons (Fsp3) is 0.400. The second-order valence-electron chi connectivity index (χ2n) is 8.66. The van der Waals surface area contributed by atoms with Gasteiger partial charge in [-0.3, -0.25) is 9.59 Å². The summed E-state index contributed by atoms with van der Waals surface area (Å²) >= 11 is 0. The van der Waals surface area contributed by atoms with Crippen LogP contribution in [0.25, 0.3) is 0 Å². The van der Waals surface area contributed by atoms with Crippen LogP contribution in [0.1, 0.15) is 42.0 Å². The Labute approximate surface area is 189 Å². The van der Waals surface area contributed by atoms with Gasteiger partial charge < -0.3 is 21.0 Å². The van der Waals surface area contributed by atoms with Crippen molar-refractivity contribution in [2.45, 2.75) is 45.2 Å². The van der Waals surface area contributed by atoms with E-state index in [1.54, 1.807) is 0 Å². The molecule has 168 valence electrons. The number of hydrogen-bond acceptors (Lipinski definition) is 5. The summed E-state index contributed by atoms with van der Waals surface area (Å²) in [6.45, 7) is 5.58. The predicted octanol–water partition coefficient (Wildman–Crippen LogP) is 2.91. The third-order valence-electron chi connectivity index (χ3n) is 6.22. The minimum absolute atomic E-state index is 0.00292. The number of nitrogens with one attached hydrogen (secondary N) is 3. The molecule has 2 amide bonds. The van der Waals surface area contributed by atoms with Gasteiger partial charge in [-0.2, -0.15) is 5.10 Å². The number of benzene rings is 2. The molecule has 2 aliphatic rings. The quantitative estimate of drug-likeness (QED) is 0.654. The summed E-state index contributed by atoms with van der Waals surface area (Å²) in [5, 5.41) is 10.5. The average molecular weight is 434 g/mol. The fourth-order valence-electron chi connectivity index (χ4n) is 4.22. The summed E-state index contributed by atoms with van der Waals surface area (Å²) in [6, 6.07) is 16.7. The first-order valence-corrected chi connectivity index (χ1v) is 11.3. The molecule has 3 N–H and O–H groups in total. The van der Waals surface area contributed by atoms with Crippen LogP contribution in [0.15, 0.2) is 53.6 Å². The predicted molar refractivity (Wildman–Crippen MR) is 127 cm³/mol. The van der Waals surface area contributed by atoms with Crippen molar-refractivity contribution >= 4 is 23.2 Å². The van der Waals surface area contributed by atoms with E-state index in [1.807, 2.05) is 35.2 Å². The van der Waals surface area contributed by atoms with Crippen LogP contribution >= 0.6 is 0 Å². The van der Waals surface area contributed by atoms with E-state index < -0.39 is 0 Å². The number of carbonyl (C=O) groups excluding carboxylic acids is 2. The highest BCUT2D eigenvalue weighted by molar-refractivity contribution is 6.39. The van der Waals surface area contributed by atoms with Gasteiger partial charge in [-0.1, -0.05) is 42.5 Å². The first-order valence-electron chi connectivity index (χ1n) is 11.3. The SMILES string of the molecule is Cc1ccc(C)c(NC2CCN(C(=O)CNC(=O)C3=NNC(c4ccccc4)C3)CC2)c1. The Hall–Kier alpha value is -3.35. The zero-order valence-electron chi connectivity index (χ0n) is 18.7. The molecular weight excluding hydrogens is 402 g/mol. The maximum atomic E-state index is 12.6. The highest BCUT2D eigenvalue weighted by Gasteiger charge is 2.27. The summed E-state index contributed by atoms with van der Waals surface area (Å²) in [4.78, 5) is 26.9. The van der Waals surface area contributed by atoms with Crippen LogP contribution in [0.4, 0.5) is 5.69 Å². The Morgan fingerprint density at radius 1 is 1.09 bits per heavy atom. The molecule has 1 atom stereocenters.